The highest BCUT2D eigenvalue weighted by Gasteiger charge is 2.30. The van der Waals surface area contributed by atoms with Gasteiger partial charge in [-0.1, -0.05) is 30.3 Å². The maximum atomic E-state index is 13.1. The molecule has 0 atom stereocenters. The smallest absolute Gasteiger partial charge is 0.253 e. The average molecular weight is 478 g/mol. The zero-order valence-electron chi connectivity index (χ0n) is 18.9. The monoisotopic (exact) mass is 477 g/mol. The lowest BCUT2D eigenvalue weighted by Crippen LogP contribution is -2.50. The summed E-state index contributed by atoms with van der Waals surface area (Å²) in [5, 5.41) is 0.777. The van der Waals surface area contributed by atoms with Crippen molar-refractivity contribution < 1.29 is 18.0 Å². The third-order valence-electron chi connectivity index (χ3n) is 6.57. The Hall–Kier alpha value is -3.26. The molecule has 0 bridgehead atoms. The summed E-state index contributed by atoms with van der Waals surface area (Å²) in [6.07, 6.45) is 4.53. The van der Waals surface area contributed by atoms with E-state index >= 15 is 0 Å². The molecule has 2 heterocycles. The maximum Gasteiger partial charge on any atom is 0.253 e. The number of nitrogens with zero attached hydrogens (tertiary/aromatic N) is 3. The number of benzene rings is 2. The normalized spacial score (nSPS) is 16.6. The van der Waals surface area contributed by atoms with Crippen LogP contribution in [0.25, 0.3) is 10.9 Å². The van der Waals surface area contributed by atoms with Crippen LogP contribution < -0.4 is 0 Å². The van der Waals surface area contributed by atoms with E-state index in [4.69, 9.17) is 0 Å². The Balaban J connectivity index is 1.23. The Morgan fingerprint density at radius 1 is 0.882 bits per heavy atom. The third kappa shape index (κ3) is 4.82. The Bertz CT molecular complexity index is 1320. The van der Waals surface area contributed by atoms with Crippen LogP contribution in [0.2, 0.25) is 0 Å². The number of carbonyl (C=O) groups is 2. The molecule has 0 N–H and O–H groups in total. The second-order valence-electron chi connectivity index (χ2n) is 9.11. The summed E-state index contributed by atoms with van der Waals surface area (Å²) < 4.78 is 26.2. The Kier molecular flexibility index (Phi) is 6.08. The molecule has 3 aromatic rings. The van der Waals surface area contributed by atoms with Gasteiger partial charge in [0, 0.05) is 49.7 Å². The summed E-state index contributed by atoms with van der Waals surface area (Å²) in [5.74, 6) is 0.494. The number of hydrogen-bond donors (Lipinski definition) is 0. The van der Waals surface area contributed by atoms with Gasteiger partial charge in [-0.3, -0.25) is 14.6 Å². The predicted octanol–water partition coefficient (Wildman–Crippen LogP) is 3.29. The van der Waals surface area contributed by atoms with Crippen molar-refractivity contribution in [3.05, 3.63) is 71.9 Å². The molecule has 2 aliphatic rings. The standard InChI is InChI=1S/C26H27N3O4S/c30-24(17-19-6-7-19)28-13-15-29(16-14-28)26(31)22-10-8-20(9-11-22)18-34(32,33)23-5-1-3-21-4-2-12-27-25(21)23/h1-5,8-12,19H,6-7,13-18H2. The van der Waals surface area contributed by atoms with Crippen LogP contribution in [0.1, 0.15) is 35.2 Å². The molecule has 2 amide bonds. The number of para-hydroxylation sites is 1. The highest BCUT2D eigenvalue weighted by Crippen LogP contribution is 2.33. The molecule has 1 aliphatic heterocycles. The van der Waals surface area contributed by atoms with Crippen LogP contribution in [0, 0.1) is 5.92 Å². The van der Waals surface area contributed by atoms with Gasteiger partial charge in [-0.05, 0) is 48.6 Å². The number of fused-ring (bicyclic) bond motifs is 1. The van der Waals surface area contributed by atoms with Crippen molar-refractivity contribution in [1.29, 1.82) is 0 Å². The van der Waals surface area contributed by atoms with E-state index in [2.05, 4.69) is 4.98 Å². The molecule has 34 heavy (non-hydrogen) atoms. The minimum Gasteiger partial charge on any atom is -0.339 e. The van der Waals surface area contributed by atoms with Gasteiger partial charge in [-0.25, -0.2) is 8.42 Å². The number of aromatic nitrogens is 1. The van der Waals surface area contributed by atoms with Gasteiger partial charge in [0.05, 0.1) is 16.2 Å². The maximum absolute atomic E-state index is 13.1. The second-order valence-corrected chi connectivity index (χ2v) is 11.1. The predicted molar refractivity (Wildman–Crippen MR) is 129 cm³/mol. The van der Waals surface area contributed by atoms with Gasteiger partial charge >= 0.3 is 0 Å². The number of amides is 2. The number of sulfone groups is 1. The number of hydrogen-bond acceptors (Lipinski definition) is 5. The highest BCUT2D eigenvalue weighted by molar-refractivity contribution is 7.90. The fourth-order valence-corrected chi connectivity index (χ4v) is 5.95. The van der Waals surface area contributed by atoms with Crippen molar-refractivity contribution in [2.75, 3.05) is 26.2 Å². The van der Waals surface area contributed by atoms with E-state index in [0.29, 0.717) is 55.2 Å². The van der Waals surface area contributed by atoms with Crippen molar-refractivity contribution in [1.82, 2.24) is 14.8 Å². The average Bonchev–Trinajstić information content (AvgIpc) is 3.67. The number of rotatable bonds is 6. The van der Waals surface area contributed by atoms with Gasteiger partial charge < -0.3 is 9.80 Å². The molecule has 176 valence electrons. The minimum absolute atomic E-state index is 0.0954. The topological polar surface area (TPSA) is 87.7 Å². The summed E-state index contributed by atoms with van der Waals surface area (Å²) in [4.78, 5) is 33.3. The second kappa shape index (κ2) is 9.18. The largest absolute Gasteiger partial charge is 0.339 e. The zero-order valence-corrected chi connectivity index (χ0v) is 19.7. The lowest BCUT2D eigenvalue weighted by Gasteiger charge is -2.35. The van der Waals surface area contributed by atoms with Crippen LogP contribution in [-0.4, -0.2) is 61.2 Å². The van der Waals surface area contributed by atoms with Crippen LogP contribution >= 0.6 is 0 Å². The van der Waals surface area contributed by atoms with Gasteiger partial charge in [-0.2, -0.15) is 0 Å². The van der Waals surface area contributed by atoms with Crippen LogP contribution in [-0.2, 0) is 20.4 Å². The molecule has 0 spiro atoms. The van der Waals surface area contributed by atoms with Crippen molar-refractivity contribution in [2.45, 2.75) is 29.9 Å². The van der Waals surface area contributed by atoms with Crippen LogP contribution in [0.15, 0.2) is 65.7 Å². The lowest BCUT2D eigenvalue weighted by molar-refractivity contribution is -0.133. The fourth-order valence-electron chi connectivity index (χ4n) is 4.41. The molecule has 8 heteroatoms. The van der Waals surface area contributed by atoms with Crippen LogP contribution in [0.5, 0.6) is 0 Å². The fraction of sp³-hybridized carbons (Fsp3) is 0.346. The number of pyridine rings is 1. The molecule has 1 saturated carbocycles. The molecule has 5 rings (SSSR count). The van der Waals surface area contributed by atoms with Crippen molar-refractivity contribution in [3.8, 4) is 0 Å². The first-order valence-electron chi connectivity index (χ1n) is 11.6. The molecule has 0 radical (unpaired) electrons. The third-order valence-corrected chi connectivity index (χ3v) is 8.28. The number of carbonyl (C=O) groups excluding carboxylic acids is 2. The van der Waals surface area contributed by atoms with E-state index < -0.39 is 9.84 Å². The van der Waals surface area contributed by atoms with Crippen molar-refractivity contribution in [2.24, 2.45) is 5.92 Å². The SMILES string of the molecule is O=C(CC1CC1)N1CCN(C(=O)c2ccc(CS(=O)(=O)c3cccc4cccnc34)cc2)CC1. The Morgan fingerprint density at radius 3 is 2.26 bits per heavy atom. The van der Waals surface area contributed by atoms with Crippen LogP contribution in [0.3, 0.4) is 0 Å². The molecule has 1 aliphatic carbocycles. The van der Waals surface area contributed by atoms with Crippen molar-refractivity contribution in [3.63, 3.8) is 0 Å². The van der Waals surface area contributed by atoms with Crippen LogP contribution in [0.4, 0.5) is 0 Å². The van der Waals surface area contributed by atoms with Gasteiger partial charge in [0.25, 0.3) is 5.91 Å². The van der Waals surface area contributed by atoms with Gasteiger partial charge in [0.1, 0.15) is 0 Å². The molecule has 2 fully saturated rings. The summed E-state index contributed by atoms with van der Waals surface area (Å²) in [7, 11) is -3.61. The summed E-state index contributed by atoms with van der Waals surface area (Å²) >= 11 is 0. The van der Waals surface area contributed by atoms with E-state index in [1.54, 1.807) is 53.6 Å². The molecular weight excluding hydrogens is 450 g/mol. The van der Waals surface area contributed by atoms with E-state index in [1.165, 1.54) is 0 Å². The molecule has 2 aromatic carbocycles. The summed E-state index contributed by atoms with van der Waals surface area (Å²) in [6.45, 7) is 2.15. The van der Waals surface area contributed by atoms with Gasteiger partial charge in [0.2, 0.25) is 5.91 Å². The van der Waals surface area contributed by atoms with Gasteiger partial charge in [-0.15, -0.1) is 0 Å². The van der Waals surface area contributed by atoms with Gasteiger partial charge in [0.15, 0.2) is 9.84 Å². The zero-order chi connectivity index (χ0) is 23.7. The Labute approximate surface area is 199 Å². The van der Waals surface area contributed by atoms with E-state index in [9.17, 15) is 18.0 Å². The summed E-state index contributed by atoms with van der Waals surface area (Å²) in [5.41, 5.74) is 1.59. The van der Waals surface area contributed by atoms with Crippen molar-refractivity contribution >= 4 is 32.6 Å². The van der Waals surface area contributed by atoms with E-state index in [-0.39, 0.29) is 22.5 Å². The minimum atomic E-state index is -3.61. The first-order chi connectivity index (χ1) is 16.4. The molecule has 0 unspecified atom stereocenters. The lowest BCUT2D eigenvalue weighted by atomic mass is 10.1. The summed E-state index contributed by atoms with van der Waals surface area (Å²) in [6, 6.07) is 15.5. The molecular formula is C26H27N3O4S. The number of piperazine rings is 1. The van der Waals surface area contributed by atoms with E-state index in [0.717, 1.165) is 18.2 Å². The highest BCUT2D eigenvalue weighted by atomic mass is 32.2. The quantitative estimate of drug-likeness (QED) is 0.544. The Morgan fingerprint density at radius 2 is 1.56 bits per heavy atom. The first-order valence-corrected chi connectivity index (χ1v) is 13.3. The molecule has 1 saturated heterocycles. The first kappa shape index (κ1) is 22.5. The van der Waals surface area contributed by atoms with E-state index in [1.807, 2.05) is 17.0 Å². The molecule has 7 nitrogen and oxygen atoms in total. The molecule has 1 aromatic heterocycles.